The first-order valence-corrected chi connectivity index (χ1v) is 11.7. The van der Waals surface area contributed by atoms with Crippen molar-refractivity contribution in [2.45, 2.75) is 56.5 Å². The Bertz CT molecular complexity index is 1390. The van der Waals surface area contributed by atoms with E-state index in [1.807, 2.05) is 0 Å². The van der Waals surface area contributed by atoms with Gasteiger partial charge < -0.3 is 18.6 Å². The molecule has 2 aromatic carbocycles. The molecule has 174 valence electrons. The molecule has 7 heteroatoms. The van der Waals surface area contributed by atoms with Gasteiger partial charge in [-0.1, -0.05) is 6.42 Å². The van der Waals surface area contributed by atoms with Crippen molar-refractivity contribution in [1.82, 2.24) is 0 Å². The van der Waals surface area contributed by atoms with Gasteiger partial charge in [0.15, 0.2) is 11.2 Å². The fourth-order valence-electron chi connectivity index (χ4n) is 5.64. The van der Waals surface area contributed by atoms with Crippen molar-refractivity contribution >= 4 is 22.7 Å². The van der Waals surface area contributed by atoms with E-state index in [-0.39, 0.29) is 17.6 Å². The maximum absolute atomic E-state index is 13.6. The Morgan fingerprint density at radius 2 is 1.85 bits per heavy atom. The average Bonchev–Trinajstić information content (AvgIpc) is 2.84. The van der Waals surface area contributed by atoms with Crippen LogP contribution in [0.4, 0.5) is 0 Å². The summed E-state index contributed by atoms with van der Waals surface area (Å²) < 4.78 is 23.2. The van der Waals surface area contributed by atoms with E-state index in [0.717, 1.165) is 32.1 Å². The van der Waals surface area contributed by atoms with Crippen LogP contribution in [0.1, 0.15) is 72.3 Å². The smallest absolute Gasteiger partial charge is 0.312 e. The minimum Gasteiger partial charge on any atom is -0.497 e. The predicted octanol–water partition coefficient (Wildman–Crippen LogP) is 4.91. The molecule has 3 heterocycles. The van der Waals surface area contributed by atoms with Crippen LogP contribution in [0.3, 0.4) is 0 Å². The fourth-order valence-corrected chi connectivity index (χ4v) is 5.64. The summed E-state index contributed by atoms with van der Waals surface area (Å²) in [4.78, 5) is 39.3. The van der Waals surface area contributed by atoms with Crippen molar-refractivity contribution in [1.29, 1.82) is 0 Å². The molecule has 7 nitrogen and oxygen atoms in total. The first-order valence-electron chi connectivity index (χ1n) is 11.7. The zero-order chi connectivity index (χ0) is 23.4. The van der Waals surface area contributed by atoms with Gasteiger partial charge in [0.2, 0.25) is 0 Å². The second-order valence-electron chi connectivity index (χ2n) is 9.41. The van der Waals surface area contributed by atoms with Crippen molar-refractivity contribution < 1.29 is 28.2 Å². The Labute approximate surface area is 195 Å². The third-order valence-corrected chi connectivity index (χ3v) is 7.35. The number of rotatable bonds is 2. The lowest BCUT2D eigenvalue weighted by Gasteiger charge is -2.42. The Morgan fingerprint density at radius 3 is 2.65 bits per heavy atom. The third kappa shape index (κ3) is 3.22. The molecule has 1 aliphatic carbocycles. The van der Waals surface area contributed by atoms with Crippen LogP contribution in [0.2, 0.25) is 0 Å². The molecule has 0 radical (unpaired) electrons. The molecule has 1 atom stereocenters. The van der Waals surface area contributed by atoms with Crippen LogP contribution in [0.25, 0.3) is 11.0 Å². The standard InChI is InChI=1S/C27H24O7/c1-31-15-5-7-21-18(11-15)25(30)19(14-32-21)17-12-23(29)33-22-8-6-16-20(28)13-27(9-3-2-4-10-27)34-26(16)24(17)22/h5-8,11,14,17H,2-4,9-10,12-13H2,1H3/t17-/m0/s1. The third-order valence-electron chi connectivity index (χ3n) is 7.35. The number of benzene rings is 2. The highest BCUT2D eigenvalue weighted by Crippen LogP contribution is 2.50. The summed E-state index contributed by atoms with van der Waals surface area (Å²) in [6.07, 6.45) is 6.47. The first-order chi connectivity index (χ1) is 16.5. The number of ether oxygens (including phenoxy) is 3. The number of Topliss-reactive ketones (excluding diaryl/α,β-unsaturated/α-hetero) is 1. The van der Waals surface area contributed by atoms with Gasteiger partial charge >= 0.3 is 5.97 Å². The molecule has 0 N–H and O–H groups in total. The summed E-state index contributed by atoms with van der Waals surface area (Å²) in [5, 5.41) is 0.364. The highest BCUT2D eigenvalue weighted by molar-refractivity contribution is 6.01. The van der Waals surface area contributed by atoms with E-state index in [4.69, 9.17) is 18.6 Å². The van der Waals surface area contributed by atoms with E-state index in [1.54, 1.807) is 30.3 Å². The summed E-state index contributed by atoms with van der Waals surface area (Å²) >= 11 is 0. The summed E-state index contributed by atoms with van der Waals surface area (Å²) in [5.41, 5.74) is 1.01. The lowest BCUT2D eigenvalue weighted by molar-refractivity contribution is -0.135. The molecule has 34 heavy (non-hydrogen) atoms. The Kier molecular flexibility index (Phi) is 4.76. The minimum absolute atomic E-state index is 0.0249. The summed E-state index contributed by atoms with van der Waals surface area (Å²) in [5.74, 6) is 0.230. The molecule has 0 bridgehead atoms. The van der Waals surface area contributed by atoms with Crippen LogP contribution in [0.15, 0.2) is 45.8 Å². The van der Waals surface area contributed by atoms with Gasteiger partial charge in [0.1, 0.15) is 28.4 Å². The van der Waals surface area contributed by atoms with Crippen molar-refractivity contribution in [3.8, 4) is 17.2 Å². The molecular formula is C27H24O7. The van der Waals surface area contributed by atoms with Crippen molar-refractivity contribution in [3.63, 3.8) is 0 Å². The molecule has 0 saturated heterocycles. The zero-order valence-corrected chi connectivity index (χ0v) is 18.8. The number of carbonyl (C=O) groups excluding carboxylic acids is 2. The van der Waals surface area contributed by atoms with Gasteiger partial charge in [-0.15, -0.1) is 0 Å². The van der Waals surface area contributed by atoms with Gasteiger partial charge in [-0.2, -0.15) is 0 Å². The molecule has 1 saturated carbocycles. The predicted molar refractivity (Wildman–Crippen MR) is 123 cm³/mol. The lowest BCUT2D eigenvalue weighted by atomic mass is 9.76. The van der Waals surface area contributed by atoms with Gasteiger partial charge in [0, 0.05) is 17.0 Å². The first kappa shape index (κ1) is 21.0. The fraction of sp³-hybridized carbons (Fsp3) is 0.370. The van der Waals surface area contributed by atoms with Gasteiger partial charge in [-0.3, -0.25) is 14.4 Å². The van der Waals surface area contributed by atoms with E-state index < -0.39 is 17.5 Å². The SMILES string of the molecule is COc1ccc2occ([C@@H]3CC(=O)Oc4ccc5c(c43)OC3(CCCCC3)CC5=O)c(=O)c2c1. The molecule has 1 aromatic heterocycles. The molecule has 3 aliphatic rings. The molecule has 0 amide bonds. The van der Waals surface area contributed by atoms with Gasteiger partial charge in [0.25, 0.3) is 0 Å². The number of ketones is 1. The van der Waals surface area contributed by atoms with Gasteiger partial charge in [-0.05, 0) is 56.0 Å². The normalized spacial score (nSPS) is 20.9. The van der Waals surface area contributed by atoms with Crippen molar-refractivity contribution in [3.05, 3.63) is 63.5 Å². The van der Waals surface area contributed by atoms with Crippen LogP contribution >= 0.6 is 0 Å². The van der Waals surface area contributed by atoms with Gasteiger partial charge in [0.05, 0.1) is 37.2 Å². The van der Waals surface area contributed by atoms with Crippen molar-refractivity contribution in [2.75, 3.05) is 7.11 Å². The number of methoxy groups -OCH3 is 1. The number of hydrogen-bond donors (Lipinski definition) is 0. The maximum Gasteiger partial charge on any atom is 0.312 e. The molecular weight excluding hydrogens is 436 g/mol. The molecule has 6 rings (SSSR count). The molecule has 2 aliphatic heterocycles. The Balaban J connectivity index is 1.54. The van der Waals surface area contributed by atoms with Crippen molar-refractivity contribution in [2.24, 2.45) is 0 Å². The molecule has 1 spiro atoms. The van der Waals surface area contributed by atoms with E-state index in [1.165, 1.54) is 13.4 Å². The largest absolute Gasteiger partial charge is 0.497 e. The average molecular weight is 460 g/mol. The Hall–Kier alpha value is -3.61. The lowest BCUT2D eigenvalue weighted by Crippen LogP contribution is -2.44. The van der Waals surface area contributed by atoms with E-state index >= 15 is 0 Å². The number of esters is 1. The number of hydrogen-bond acceptors (Lipinski definition) is 7. The maximum atomic E-state index is 13.6. The zero-order valence-electron chi connectivity index (χ0n) is 18.8. The van der Waals surface area contributed by atoms with Crippen LogP contribution in [-0.2, 0) is 4.79 Å². The molecule has 1 fully saturated rings. The second-order valence-corrected chi connectivity index (χ2v) is 9.41. The summed E-state index contributed by atoms with van der Waals surface area (Å²) in [6, 6.07) is 8.32. The van der Waals surface area contributed by atoms with E-state index in [9.17, 15) is 14.4 Å². The topological polar surface area (TPSA) is 92.0 Å². The van der Waals surface area contributed by atoms with Crippen LogP contribution in [0.5, 0.6) is 17.2 Å². The summed E-state index contributed by atoms with van der Waals surface area (Å²) in [6.45, 7) is 0. The summed E-state index contributed by atoms with van der Waals surface area (Å²) in [7, 11) is 1.53. The van der Waals surface area contributed by atoms with Crippen LogP contribution < -0.4 is 19.6 Å². The molecule has 3 aromatic rings. The highest BCUT2D eigenvalue weighted by atomic mass is 16.5. The number of carbonyl (C=O) groups is 2. The second kappa shape index (κ2) is 7.72. The van der Waals surface area contributed by atoms with Crippen LogP contribution in [0, 0.1) is 0 Å². The van der Waals surface area contributed by atoms with Crippen LogP contribution in [-0.4, -0.2) is 24.5 Å². The monoisotopic (exact) mass is 460 g/mol. The number of fused-ring (bicyclic) bond motifs is 4. The quantitative estimate of drug-likeness (QED) is 0.396. The minimum atomic E-state index is -0.649. The van der Waals surface area contributed by atoms with E-state index in [0.29, 0.717) is 51.3 Å². The Morgan fingerprint density at radius 1 is 1.03 bits per heavy atom. The van der Waals surface area contributed by atoms with E-state index in [2.05, 4.69) is 0 Å². The highest BCUT2D eigenvalue weighted by Gasteiger charge is 2.45. The molecule has 0 unspecified atom stereocenters. The van der Waals surface area contributed by atoms with Gasteiger partial charge in [-0.25, -0.2) is 0 Å².